The summed E-state index contributed by atoms with van der Waals surface area (Å²) in [7, 11) is 1.95. The molecule has 12 heteroatoms. The molecule has 1 aliphatic rings. The van der Waals surface area contributed by atoms with E-state index in [1.807, 2.05) is 17.7 Å². The minimum Gasteiger partial charge on any atom is -0.347 e. The normalized spacial score (nSPS) is 18.1. The van der Waals surface area contributed by atoms with Gasteiger partial charge in [-0.05, 0) is 37.7 Å². The third kappa shape index (κ3) is 4.50. The summed E-state index contributed by atoms with van der Waals surface area (Å²) in [5.41, 5.74) is 2.30. The number of hydrogen-bond acceptors (Lipinski definition) is 7. The summed E-state index contributed by atoms with van der Waals surface area (Å²) in [5, 5.41) is 9.71. The lowest BCUT2D eigenvalue weighted by Crippen LogP contribution is -2.50. The molecule has 1 fully saturated rings. The Labute approximate surface area is 215 Å². The molecule has 5 heterocycles. The zero-order valence-electron chi connectivity index (χ0n) is 20.3. The van der Waals surface area contributed by atoms with E-state index >= 15 is 4.39 Å². The van der Waals surface area contributed by atoms with Crippen LogP contribution in [-0.2, 0) is 0 Å². The Morgan fingerprint density at radius 1 is 1.11 bits per heavy atom. The van der Waals surface area contributed by atoms with E-state index in [2.05, 4.69) is 35.4 Å². The number of pyridine rings is 2. The fourth-order valence-corrected chi connectivity index (χ4v) is 5.03. The van der Waals surface area contributed by atoms with E-state index in [0.29, 0.717) is 47.9 Å². The highest BCUT2D eigenvalue weighted by atomic mass is 19.1. The molecule has 1 aromatic carbocycles. The van der Waals surface area contributed by atoms with Gasteiger partial charge in [-0.25, -0.2) is 18.7 Å². The molecule has 1 saturated heterocycles. The predicted octanol–water partition coefficient (Wildman–Crippen LogP) is 3.23. The van der Waals surface area contributed by atoms with Gasteiger partial charge in [0, 0.05) is 31.4 Å². The van der Waals surface area contributed by atoms with Crippen molar-refractivity contribution in [2.24, 2.45) is 0 Å². The second-order valence-corrected chi connectivity index (χ2v) is 9.32. The summed E-state index contributed by atoms with van der Waals surface area (Å²) in [4.78, 5) is 32.3. The van der Waals surface area contributed by atoms with Crippen LogP contribution in [0.3, 0.4) is 0 Å². The van der Waals surface area contributed by atoms with E-state index < -0.39 is 17.5 Å². The number of amides is 1. The SMILES string of the molecule is CN1C[C@H](NC(=O)c2cc(F)ccn2)C[C@H](n2c(-c3ccccc3F)nc3cnc(-c4ncn[nH]4)cc32)C1. The number of carbonyl (C=O) groups is 1. The lowest BCUT2D eigenvalue weighted by atomic mass is 9.99. The fourth-order valence-electron chi connectivity index (χ4n) is 5.03. The highest BCUT2D eigenvalue weighted by Gasteiger charge is 2.31. The number of likely N-dealkylation sites (tertiary alicyclic amines) is 1. The molecule has 192 valence electrons. The van der Waals surface area contributed by atoms with Gasteiger partial charge < -0.3 is 14.8 Å². The summed E-state index contributed by atoms with van der Waals surface area (Å²) >= 11 is 0. The first kappa shape index (κ1) is 23.8. The standard InChI is InChI=1S/C26H23F2N9O/c1-36-12-16(33-26(38)21-8-15(27)6-7-29-21)9-17(13-36)37-23-10-20(24-31-14-32-35-24)30-11-22(23)34-25(37)18-4-2-3-5-19(18)28/h2-8,10-11,14,16-17H,9,12-13H2,1H3,(H,33,38)(H,31,32,35)/t16-,17+/m1/s1. The largest absolute Gasteiger partial charge is 0.347 e. The zero-order chi connectivity index (χ0) is 26.2. The Kier molecular flexibility index (Phi) is 6.08. The maximum absolute atomic E-state index is 15.0. The number of piperidine rings is 1. The van der Waals surface area contributed by atoms with Gasteiger partial charge in [0.15, 0.2) is 5.82 Å². The highest BCUT2D eigenvalue weighted by Crippen LogP contribution is 2.34. The van der Waals surface area contributed by atoms with Gasteiger partial charge in [0.1, 0.15) is 40.7 Å². The van der Waals surface area contributed by atoms with Crippen LogP contribution in [0.1, 0.15) is 23.0 Å². The van der Waals surface area contributed by atoms with Crippen molar-refractivity contribution in [3.05, 3.63) is 78.5 Å². The number of nitrogens with zero attached hydrogens (tertiary/aromatic N) is 7. The van der Waals surface area contributed by atoms with E-state index in [4.69, 9.17) is 4.98 Å². The first-order chi connectivity index (χ1) is 18.5. The van der Waals surface area contributed by atoms with E-state index in [1.165, 1.54) is 24.7 Å². The summed E-state index contributed by atoms with van der Waals surface area (Å²) in [6.45, 7) is 1.22. The quantitative estimate of drug-likeness (QED) is 0.369. The van der Waals surface area contributed by atoms with Crippen molar-refractivity contribution in [3.63, 3.8) is 0 Å². The van der Waals surface area contributed by atoms with Crippen LogP contribution in [0, 0.1) is 11.6 Å². The van der Waals surface area contributed by atoms with Crippen LogP contribution in [0.25, 0.3) is 33.9 Å². The van der Waals surface area contributed by atoms with Crippen molar-refractivity contribution >= 4 is 16.9 Å². The van der Waals surface area contributed by atoms with Gasteiger partial charge in [0.25, 0.3) is 5.91 Å². The number of carbonyl (C=O) groups excluding carboxylic acids is 1. The summed E-state index contributed by atoms with van der Waals surface area (Å²) in [6.07, 6.45) is 4.84. The molecule has 38 heavy (non-hydrogen) atoms. The molecule has 10 nitrogen and oxygen atoms in total. The predicted molar refractivity (Wildman–Crippen MR) is 135 cm³/mol. The van der Waals surface area contributed by atoms with Crippen molar-refractivity contribution in [2.75, 3.05) is 20.1 Å². The number of nitrogens with one attached hydrogen (secondary N) is 2. The number of rotatable bonds is 5. The number of aromatic nitrogens is 7. The van der Waals surface area contributed by atoms with Gasteiger partial charge in [-0.3, -0.25) is 19.9 Å². The van der Waals surface area contributed by atoms with Gasteiger partial charge >= 0.3 is 0 Å². The van der Waals surface area contributed by atoms with Crippen LogP contribution in [0.5, 0.6) is 0 Å². The van der Waals surface area contributed by atoms with Gasteiger partial charge in [0.05, 0.1) is 23.3 Å². The first-order valence-electron chi connectivity index (χ1n) is 12.1. The molecule has 0 bridgehead atoms. The van der Waals surface area contributed by atoms with Crippen LogP contribution in [0.2, 0.25) is 0 Å². The number of fused-ring (bicyclic) bond motifs is 1. The minimum absolute atomic E-state index is 0.0117. The molecule has 6 rings (SSSR count). The maximum Gasteiger partial charge on any atom is 0.270 e. The molecule has 0 aliphatic carbocycles. The van der Waals surface area contributed by atoms with Crippen molar-refractivity contribution < 1.29 is 13.6 Å². The third-order valence-corrected chi connectivity index (χ3v) is 6.61. The monoisotopic (exact) mass is 515 g/mol. The molecular formula is C26H23F2N9O. The third-order valence-electron chi connectivity index (χ3n) is 6.61. The van der Waals surface area contributed by atoms with Crippen LogP contribution in [-0.4, -0.2) is 71.7 Å². The Morgan fingerprint density at radius 2 is 1.97 bits per heavy atom. The first-order valence-corrected chi connectivity index (χ1v) is 12.1. The average molecular weight is 516 g/mol. The second-order valence-electron chi connectivity index (χ2n) is 9.32. The molecule has 1 amide bonds. The van der Waals surface area contributed by atoms with Gasteiger partial charge in [-0.2, -0.15) is 5.10 Å². The molecule has 0 unspecified atom stereocenters. The van der Waals surface area contributed by atoms with Crippen molar-refractivity contribution in [1.29, 1.82) is 0 Å². The number of likely N-dealkylation sites (N-methyl/N-ethyl adjacent to an activating group) is 1. The number of aromatic amines is 1. The number of benzene rings is 1. The highest BCUT2D eigenvalue weighted by molar-refractivity contribution is 5.92. The Bertz CT molecular complexity index is 1620. The van der Waals surface area contributed by atoms with Gasteiger partial charge in [0.2, 0.25) is 0 Å². The van der Waals surface area contributed by atoms with E-state index in [-0.39, 0.29) is 17.8 Å². The molecule has 1 aliphatic heterocycles. The number of hydrogen-bond donors (Lipinski definition) is 2. The zero-order valence-corrected chi connectivity index (χ0v) is 20.3. The van der Waals surface area contributed by atoms with Gasteiger partial charge in [-0.15, -0.1) is 0 Å². The molecule has 4 aromatic heterocycles. The van der Waals surface area contributed by atoms with Crippen LogP contribution >= 0.6 is 0 Å². The molecule has 5 aromatic rings. The topological polar surface area (TPSA) is 118 Å². The van der Waals surface area contributed by atoms with Crippen molar-refractivity contribution in [3.8, 4) is 22.9 Å². The fraction of sp³-hybridized carbons (Fsp3) is 0.231. The summed E-state index contributed by atoms with van der Waals surface area (Å²) in [5.74, 6) is -0.407. The number of H-pyrrole nitrogens is 1. The Balaban J connectivity index is 1.41. The summed E-state index contributed by atoms with van der Waals surface area (Å²) in [6, 6.07) is 10.2. The smallest absolute Gasteiger partial charge is 0.270 e. The van der Waals surface area contributed by atoms with Crippen molar-refractivity contribution in [1.82, 2.24) is 44.9 Å². The minimum atomic E-state index is -0.528. The van der Waals surface area contributed by atoms with E-state index in [1.54, 1.807) is 24.4 Å². The lowest BCUT2D eigenvalue weighted by Gasteiger charge is -2.37. The molecule has 0 spiro atoms. The second kappa shape index (κ2) is 9.71. The van der Waals surface area contributed by atoms with Crippen LogP contribution in [0.4, 0.5) is 8.78 Å². The summed E-state index contributed by atoms with van der Waals surface area (Å²) < 4.78 is 30.7. The molecule has 2 atom stereocenters. The average Bonchev–Trinajstić information content (AvgIpc) is 3.57. The lowest BCUT2D eigenvalue weighted by molar-refractivity contribution is 0.0888. The Hall–Kier alpha value is -4.58. The van der Waals surface area contributed by atoms with E-state index in [0.717, 1.165) is 11.6 Å². The number of halogens is 2. The molecule has 0 radical (unpaired) electrons. The Morgan fingerprint density at radius 3 is 2.76 bits per heavy atom. The molecule has 2 N–H and O–H groups in total. The molecular weight excluding hydrogens is 492 g/mol. The van der Waals surface area contributed by atoms with Crippen molar-refractivity contribution in [2.45, 2.75) is 18.5 Å². The van der Waals surface area contributed by atoms with Crippen LogP contribution in [0.15, 0.2) is 61.2 Å². The van der Waals surface area contributed by atoms with E-state index in [9.17, 15) is 9.18 Å². The molecule has 0 saturated carbocycles. The van der Waals surface area contributed by atoms with Gasteiger partial charge in [-0.1, -0.05) is 12.1 Å². The maximum atomic E-state index is 15.0. The van der Waals surface area contributed by atoms with Crippen LogP contribution < -0.4 is 5.32 Å². The number of imidazole rings is 1.